The number of carbonyl (C=O) groups is 1. The molecule has 2 aromatic carbocycles. The van der Waals surface area contributed by atoms with Gasteiger partial charge in [-0.2, -0.15) is 12.8 Å². The van der Waals surface area contributed by atoms with Gasteiger partial charge in [-0.1, -0.05) is 0 Å². The molecule has 0 spiro atoms. The largest absolute Gasteiger partial charge is 0.491 e. The van der Waals surface area contributed by atoms with Crippen LogP contribution < -0.4 is 18.7 Å². The maximum absolute atomic E-state index is 14.2. The molecule has 1 heterocycles. The fraction of sp³-hybridized carbons (Fsp3) is 0.188. The molecular formula is C16H14F3N3O4S. The topological polar surface area (TPSA) is 79.0 Å². The van der Waals surface area contributed by atoms with Crippen molar-refractivity contribution in [3.05, 3.63) is 47.3 Å². The number of nitrogens with zero attached hydrogens (tertiary/aromatic N) is 2. The minimum atomic E-state index is -3.70. The summed E-state index contributed by atoms with van der Waals surface area (Å²) >= 11 is 0. The molecule has 2 aromatic rings. The summed E-state index contributed by atoms with van der Waals surface area (Å²) in [6, 6.07) is 4.63. The highest BCUT2D eigenvalue weighted by Gasteiger charge is 2.35. The highest BCUT2D eigenvalue weighted by atomic mass is 32.2. The molecule has 0 saturated heterocycles. The average Bonchev–Trinajstić information content (AvgIpc) is 2.79. The molecule has 1 N–H and O–H groups in total. The zero-order valence-electron chi connectivity index (χ0n) is 14.4. The van der Waals surface area contributed by atoms with E-state index in [0.29, 0.717) is 17.4 Å². The molecule has 0 radical (unpaired) electrons. The summed E-state index contributed by atoms with van der Waals surface area (Å²) in [5, 5.41) is 2.33. The van der Waals surface area contributed by atoms with Gasteiger partial charge in [0.15, 0.2) is 17.4 Å². The van der Waals surface area contributed by atoms with Crippen molar-refractivity contribution in [2.45, 2.75) is 0 Å². The second kappa shape index (κ2) is 6.34. The molecule has 1 aliphatic heterocycles. The van der Waals surface area contributed by atoms with Crippen LogP contribution in [0.2, 0.25) is 0 Å². The summed E-state index contributed by atoms with van der Waals surface area (Å²) in [5.41, 5.74) is 0.0540. The number of nitrogens with one attached hydrogen (secondary N) is 1. The molecule has 0 aromatic heterocycles. The van der Waals surface area contributed by atoms with Gasteiger partial charge in [0.2, 0.25) is 5.82 Å². The Balaban J connectivity index is 1.96. The Morgan fingerprint density at radius 3 is 2.30 bits per heavy atom. The third-order valence-corrected chi connectivity index (χ3v) is 5.95. The predicted octanol–water partition coefficient (Wildman–Crippen LogP) is 2.50. The van der Waals surface area contributed by atoms with Gasteiger partial charge in [-0.05, 0) is 24.3 Å². The number of amides is 1. The third kappa shape index (κ3) is 2.83. The van der Waals surface area contributed by atoms with Crippen LogP contribution in [0.25, 0.3) is 0 Å². The number of halogens is 3. The molecule has 0 bridgehead atoms. The lowest BCUT2D eigenvalue weighted by molar-refractivity contribution is 0.102. The van der Waals surface area contributed by atoms with E-state index in [0.717, 1.165) is 15.7 Å². The molecular weight excluding hydrogens is 387 g/mol. The number of hydrogen-bond donors (Lipinski definition) is 1. The number of anilines is 3. The molecule has 3 rings (SSSR count). The van der Waals surface area contributed by atoms with Gasteiger partial charge in [-0.3, -0.25) is 13.4 Å². The lowest BCUT2D eigenvalue weighted by Crippen LogP contribution is -2.32. The molecule has 7 nitrogen and oxygen atoms in total. The Hall–Kier alpha value is -2.95. The van der Waals surface area contributed by atoms with Crippen LogP contribution >= 0.6 is 0 Å². The van der Waals surface area contributed by atoms with Crippen molar-refractivity contribution in [1.29, 1.82) is 0 Å². The zero-order valence-corrected chi connectivity index (χ0v) is 15.2. The highest BCUT2D eigenvalue weighted by Crippen LogP contribution is 2.40. The number of ether oxygens (including phenoxy) is 1. The summed E-state index contributed by atoms with van der Waals surface area (Å²) in [6.45, 7) is 0. The Morgan fingerprint density at radius 2 is 1.67 bits per heavy atom. The number of fused-ring (bicyclic) bond motifs is 1. The first kappa shape index (κ1) is 18.8. The summed E-state index contributed by atoms with van der Waals surface area (Å²) < 4.78 is 72.1. The average molecular weight is 401 g/mol. The van der Waals surface area contributed by atoms with E-state index in [9.17, 15) is 26.4 Å². The van der Waals surface area contributed by atoms with E-state index in [-0.39, 0.29) is 5.69 Å². The summed E-state index contributed by atoms with van der Waals surface area (Å²) in [7, 11) is -0.0495. The van der Waals surface area contributed by atoms with Crippen LogP contribution in [0.1, 0.15) is 10.4 Å². The quantitative estimate of drug-likeness (QED) is 0.802. The number of benzene rings is 2. The molecule has 0 fully saturated rings. The van der Waals surface area contributed by atoms with Crippen molar-refractivity contribution in [3.63, 3.8) is 0 Å². The van der Waals surface area contributed by atoms with E-state index in [1.165, 1.54) is 32.3 Å². The lowest BCUT2D eigenvalue weighted by Gasteiger charge is -2.13. The van der Waals surface area contributed by atoms with Gasteiger partial charge < -0.3 is 10.1 Å². The molecule has 0 unspecified atom stereocenters. The summed E-state index contributed by atoms with van der Waals surface area (Å²) in [4.78, 5) is 12.3. The van der Waals surface area contributed by atoms with Crippen LogP contribution in [-0.4, -0.2) is 35.5 Å². The zero-order chi connectivity index (χ0) is 20.1. The minimum absolute atomic E-state index is 0.138. The third-order valence-electron chi connectivity index (χ3n) is 4.17. The molecule has 27 heavy (non-hydrogen) atoms. The van der Waals surface area contributed by atoms with Gasteiger partial charge >= 0.3 is 10.2 Å². The molecule has 1 aliphatic rings. The maximum atomic E-state index is 14.2. The first-order chi connectivity index (χ1) is 12.6. The van der Waals surface area contributed by atoms with Gasteiger partial charge in [0, 0.05) is 19.8 Å². The van der Waals surface area contributed by atoms with E-state index in [4.69, 9.17) is 0 Å². The van der Waals surface area contributed by atoms with E-state index in [1.807, 2.05) is 0 Å². The monoisotopic (exact) mass is 401 g/mol. The van der Waals surface area contributed by atoms with Crippen LogP contribution in [0.15, 0.2) is 24.3 Å². The second-order valence-electron chi connectivity index (χ2n) is 5.67. The van der Waals surface area contributed by atoms with Crippen molar-refractivity contribution in [1.82, 2.24) is 0 Å². The number of hydrogen-bond acceptors (Lipinski definition) is 4. The van der Waals surface area contributed by atoms with Crippen LogP contribution in [0.5, 0.6) is 5.75 Å². The van der Waals surface area contributed by atoms with E-state index in [1.54, 1.807) is 0 Å². The first-order valence-corrected chi connectivity index (χ1v) is 8.89. The van der Waals surface area contributed by atoms with E-state index in [2.05, 4.69) is 10.1 Å². The Kier molecular flexibility index (Phi) is 4.42. The van der Waals surface area contributed by atoms with Crippen molar-refractivity contribution >= 4 is 33.2 Å². The number of rotatable bonds is 3. The summed E-state index contributed by atoms with van der Waals surface area (Å²) in [5.74, 6) is -6.41. The maximum Gasteiger partial charge on any atom is 0.326 e. The predicted molar refractivity (Wildman–Crippen MR) is 93.0 cm³/mol. The normalized spacial score (nSPS) is 14.9. The van der Waals surface area contributed by atoms with Crippen molar-refractivity contribution in [3.8, 4) is 5.75 Å². The Labute approximate surface area is 153 Å². The van der Waals surface area contributed by atoms with Crippen LogP contribution in [0.3, 0.4) is 0 Å². The SMILES string of the molecule is COc1c(F)c(F)cc(C(=O)Nc2ccc3c(c2)N(C)S(=O)(=O)N3C)c1F. The molecule has 0 aliphatic carbocycles. The van der Waals surface area contributed by atoms with Crippen molar-refractivity contribution in [2.75, 3.05) is 35.1 Å². The van der Waals surface area contributed by atoms with Gasteiger partial charge in [0.25, 0.3) is 5.91 Å². The molecule has 1 amide bonds. The smallest absolute Gasteiger partial charge is 0.326 e. The first-order valence-electron chi connectivity index (χ1n) is 7.49. The van der Waals surface area contributed by atoms with Crippen LogP contribution in [0.4, 0.5) is 30.2 Å². The minimum Gasteiger partial charge on any atom is -0.491 e. The van der Waals surface area contributed by atoms with Crippen LogP contribution in [-0.2, 0) is 10.2 Å². The molecule has 0 saturated carbocycles. The molecule has 144 valence electrons. The summed E-state index contributed by atoms with van der Waals surface area (Å²) in [6.07, 6.45) is 0. The fourth-order valence-corrected chi connectivity index (χ4v) is 3.84. The van der Waals surface area contributed by atoms with Gasteiger partial charge in [-0.15, -0.1) is 0 Å². The second-order valence-corrected chi connectivity index (χ2v) is 7.66. The van der Waals surface area contributed by atoms with Crippen LogP contribution in [0, 0.1) is 17.5 Å². The van der Waals surface area contributed by atoms with Gasteiger partial charge in [0.1, 0.15) is 0 Å². The highest BCUT2D eigenvalue weighted by molar-refractivity contribution is 7.94. The lowest BCUT2D eigenvalue weighted by atomic mass is 10.1. The van der Waals surface area contributed by atoms with Gasteiger partial charge in [-0.25, -0.2) is 8.78 Å². The van der Waals surface area contributed by atoms with Crippen molar-refractivity contribution < 1.29 is 31.1 Å². The molecule has 11 heteroatoms. The fourth-order valence-electron chi connectivity index (χ4n) is 2.68. The standard InChI is InChI=1S/C16H14F3N3O4S/c1-21-11-5-4-8(6-12(11)22(2)27(21,24)25)20-16(23)9-7-10(17)14(19)15(26-3)13(9)18/h4-7H,1-3H3,(H,20,23). The van der Waals surface area contributed by atoms with Crippen molar-refractivity contribution in [2.24, 2.45) is 0 Å². The molecule has 0 atom stereocenters. The van der Waals surface area contributed by atoms with E-state index >= 15 is 0 Å². The Bertz CT molecular complexity index is 1060. The number of methoxy groups -OCH3 is 1. The van der Waals surface area contributed by atoms with E-state index < -0.39 is 44.9 Å². The van der Waals surface area contributed by atoms with Gasteiger partial charge in [0.05, 0.1) is 24.0 Å². The Morgan fingerprint density at radius 1 is 1.04 bits per heavy atom. The number of carbonyl (C=O) groups excluding carboxylic acids is 1.